The molecule has 0 amide bonds. The van der Waals surface area contributed by atoms with Gasteiger partial charge in [-0.2, -0.15) is 0 Å². The maximum absolute atomic E-state index is 5.24. The number of hydrogen-bond acceptors (Lipinski definition) is 3. The van der Waals surface area contributed by atoms with Crippen molar-refractivity contribution in [1.29, 1.82) is 0 Å². The topological polar surface area (TPSA) is 48.9 Å². The van der Waals surface area contributed by atoms with E-state index >= 15 is 0 Å². The summed E-state index contributed by atoms with van der Waals surface area (Å²) in [5.74, 6) is 1.65. The summed E-state index contributed by atoms with van der Waals surface area (Å²) in [5.41, 5.74) is 2.36. The summed E-state index contributed by atoms with van der Waals surface area (Å²) >= 11 is 0. The van der Waals surface area contributed by atoms with Gasteiger partial charge in [0, 0.05) is 39.4 Å². The molecule has 2 rings (SSSR count). The molecule has 0 radical (unpaired) electrons. The van der Waals surface area contributed by atoms with E-state index in [1.54, 1.807) is 14.2 Å². The quantitative estimate of drug-likeness (QED) is 0.606. The van der Waals surface area contributed by atoms with Crippen LogP contribution >= 0.6 is 0 Å². The fourth-order valence-corrected chi connectivity index (χ4v) is 2.34. The van der Waals surface area contributed by atoms with Crippen LogP contribution in [0.5, 0.6) is 5.75 Å². The van der Waals surface area contributed by atoms with Crippen LogP contribution in [0.3, 0.4) is 0 Å². The second kappa shape index (κ2) is 9.45. The summed E-state index contributed by atoms with van der Waals surface area (Å²) in [6, 6.07) is 18.3. The molecule has 0 aliphatic carbocycles. The van der Waals surface area contributed by atoms with E-state index in [9.17, 15) is 0 Å². The van der Waals surface area contributed by atoms with Crippen molar-refractivity contribution in [2.45, 2.75) is 6.54 Å². The molecule has 0 aromatic heterocycles. The first-order valence-corrected chi connectivity index (χ1v) is 8.06. The third kappa shape index (κ3) is 5.50. The SMILES string of the molecule is CN=C(NCCN(C)c1ccccc1)NCc1cccc(OC)c1. The summed E-state index contributed by atoms with van der Waals surface area (Å²) < 4.78 is 5.24. The molecular weight excluding hydrogens is 300 g/mol. The van der Waals surface area contributed by atoms with Gasteiger partial charge in [-0.05, 0) is 29.8 Å². The van der Waals surface area contributed by atoms with E-state index in [1.165, 1.54) is 5.69 Å². The van der Waals surface area contributed by atoms with E-state index in [-0.39, 0.29) is 0 Å². The highest BCUT2D eigenvalue weighted by molar-refractivity contribution is 5.79. The number of methoxy groups -OCH3 is 1. The first kappa shape index (κ1) is 17.7. The highest BCUT2D eigenvalue weighted by Gasteiger charge is 2.02. The lowest BCUT2D eigenvalue weighted by atomic mass is 10.2. The third-order valence-corrected chi connectivity index (χ3v) is 3.75. The lowest BCUT2D eigenvalue weighted by Gasteiger charge is -2.20. The number of ether oxygens (including phenoxy) is 1. The summed E-state index contributed by atoms with van der Waals surface area (Å²) in [5, 5.41) is 6.65. The summed E-state index contributed by atoms with van der Waals surface area (Å²) in [7, 11) is 5.54. The van der Waals surface area contributed by atoms with Gasteiger partial charge in [0.2, 0.25) is 0 Å². The molecule has 2 aromatic carbocycles. The van der Waals surface area contributed by atoms with Crippen LogP contribution in [0, 0.1) is 0 Å². The molecule has 0 unspecified atom stereocenters. The van der Waals surface area contributed by atoms with E-state index in [0.29, 0.717) is 6.54 Å². The van der Waals surface area contributed by atoms with Gasteiger partial charge in [0.25, 0.3) is 0 Å². The van der Waals surface area contributed by atoms with Crippen molar-refractivity contribution >= 4 is 11.6 Å². The molecule has 0 bridgehead atoms. The van der Waals surface area contributed by atoms with Crippen molar-refractivity contribution in [2.24, 2.45) is 4.99 Å². The van der Waals surface area contributed by atoms with Crippen LogP contribution in [0.4, 0.5) is 5.69 Å². The predicted octanol–water partition coefficient (Wildman–Crippen LogP) is 2.50. The largest absolute Gasteiger partial charge is 0.497 e. The van der Waals surface area contributed by atoms with Gasteiger partial charge in [0.15, 0.2) is 5.96 Å². The lowest BCUT2D eigenvalue weighted by Crippen LogP contribution is -2.40. The Morgan fingerprint density at radius 3 is 2.58 bits per heavy atom. The molecule has 128 valence electrons. The van der Waals surface area contributed by atoms with E-state index < -0.39 is 0 Å². The number of anilines is 1. The Morgan fingerprint density at radius 2 is 1.88 bits per heavy atom. The number of benzene rings is 2. The van der Waals surface area contributed by atoms with Crippen LogP contribution in [0.25, 0.3) is 0 Å². The zero-order valence-corrected chi connectivity index (χ0v) is 14.6. The molecule has 0 fully saturated rings. The highest BCUT2D eigenvalue weighted by Crippen LogP contribution is 2.12. The summed E-state index contributed by atoms with van der Waals surface area (Å²) in [6.07, 6.45) is 0. The number of aliphatic imine (C=N–C) groups is 1. The van der Waals surface area contributed by atoms with Crippen LogP contribution in [0.1, 0.15) is 5.56 Å². The van der Waals surface area contributed by atoms with Gasteiger partial charge < -0.3 is 20.3 Å². The number of nitrogens with one attached hydrogen (secondary N) is 2. The smallest absolute Gasteiger partial charge is 0.191 e. The standard InChI is InChI=1S/C19H26N4O/c1-20-19(22-15-16-8-7-11-18(14-16)24-3)21-12-13-23(2)17-9-5-4-6-10-17/h4-11,14H,12-13,15H2,1-3H3,(H2,20,21,22). The first-order chi connectivity index (χ1) is 11.7. The van der Waals surface area contributed by atoms with Crippen LogP contribution in [-0.2, 0) is 6.54 Å². The molecular formula is C19H26N4O. The van der Waals surface area contributed by atoms with Crippen LogP contribution in [0.2, 0.25) is 0 Å². The second-order valence-electron chi connectivity index (χ2n) is 5.46. The van der Waals surface area contributed by atoms with Crippen molar-refractivity contribution < 1.29 is 4.74 Å². The fraction of sp³-hybridized carbons (Fsp3) is 0.316. The third-order valence-electron chi connectivity index (χ3n) is 3.75. The molecule has 5 nitrogen and oxygen atoms in total. The van der Waals surface area contributed by atoms with Gasteiger partial charge in [-0.15, -0.1) is 0 Å². The second-order valence-corrected chi connectivity index (χ2v) is 5.46. The molecule has 0 heterocycles. The molecule has 0 aliphatic rings. The average Bonchev–Trinajstić information content (AvgIpc) is 2.65. The molecule has 0 spiro atoms. The number of para-hydroxylation sites is 1. The van der Waals surface area contributed by atoms with E-state index in [1.807, 2.05) is 36.4 Å². The number of nitrogens with zero attached hydrogens (tertiary/aromatic N) is 2. The van der Waals surface area contributed by atoms with Crippen LogP contribution < -0.4 is 20.3 Å². The minimum absolute atomic E-state index is 0.700. The van der Waals surface area contributed by atoms with Gasteiger partial charge in [-0.25, -0.2) is 0 Å². The van der Waals surface area contributed by atoms with E-state index in [4.69, 9.17) is 4.74 Å². The minimum Gasteiger partial charge on any atom is -0.497 e. The van der Waals surface area contributed by atoms with Crippen molar-refractivity contribution in [3.8, 4) is 5.75 Å². The highest BCUT2D eigenvalue weighted by atomic mass is 16.5. The zero-order chi connectivity index (χ0) is 17.2. The first-order valence-electron chi connectivity index (χ1n) is 8.06. The number of rotatable bonds is 7. The van der Waals surface area contributed by atoms with Crippen molar-refractivity contribution in [1.82, 2.24) is 10.6 Å². The van der Waals surface area contributed by atoms with Crippen molar-refractivity contribution in [2.75, 3.05) is 39.2 Å². The predicted molar refractivity (Wildman–Crippen MR) is 101 cm³/mol. The summed E-state index contributed by atoms with van der Waals surface area (Å²) in [6.45, 7) is 2.40. The maximum atomic E-state index is 5.24. The Morgan fingerprint density at radius 1 is 1.08 bits per heavy atom. The number of likely N-dealkylation sites (N-methyl/N-ethyl adjacent to an activating group) is 1. The molecule has 0 saturated carbocycles. The average molecular weight is 326 g/mol. The Balaban J connectivity index is 1.76. The molecule has 5 heteroatoms. The monoisotopic (exact) mass is 326 g/mol. The Kier molecular flexibility index (Phi) is 6.95. The van der Waals surface area contributed by atoms with Crippen molar-refractivity contribution in [3.63, 3.8) is 0 Å². The van der Waals surface area contributed by atoms with Crippen LogP contribution in [0.15, 0.2) is 59.6 Å². The molecule has 2 aromatic rings. The Labute approximate surface area is 144 Å². The molecule has 24 heavy (non-hydrogen) atoms. The van der Waals surface area contributed by atoms with Gasteiger partial charge in [0.05, 0.1) is 7.11 Å². The summed E-state index contributed by atoms with van der Waals surface area (Å²) in [4.78, 5) is 6.47. The number of hydrogen-bond donors (Lipinski definition) is 2. The minimum atomic E-state index is 0.700. The Bertz CT molecular complexity index is 643. The normalized spacial score (nSPS) is 11.0. The van der Waals surface area contributed by atoms with Gasteiger partial charge in [0.1, 0.15) is 5.75 Å². The van der Waals surface area contributed by atoms with Crippen LogP contribution in [-0.4, -0.2) is 40.3 Å². The maximum Gasteiger partial charge on any atom is 0.191 e. The van der Waals surface area contributed by atoms with Gasteiger partial charge >= 0.3 is 0 Å². The fourth-order valence-electron chi connectivity index (χ4n) is 2.34. The van der Waals surface area contributed by atoms with Gasteiger partial charge in [-0.3, -0.25) is 4.99 Å². The molecule has 0 saturated heterocycles. The Hall–Kier alpha value is -2.69. The van der Waals surface area contributed by atoms with Crippen molar-refractivity contribution in [3.05, 3.63) is 60.2 Å². The lowest BCUT2D eigenvalue weighted by molar-refractivity contribution is 0.414. The molecule has 2 N–H and O–H groups in total. The van der Waals surface area contributed by atoms with E-state index in [0.717, 1.165) is 30.4 Å². The molecule has 0 atom stereocenters. The van der Waals surface area contributed by atoms with Gasteiger partial charge in [-0.1, -0.05) is 30.3 Å². The van der Waals surface area contributed by atoms with E-state index in [2.05, 4.69) is 45.8 Å². The number of guanidine groups is 1. The molecule has 0 aliphatic heterocycles. The zero-order valence-electron chi connectivity index (χ0n) is 14.6.